The Bertz CT molecular complexity index is 679. The van der Waals surface area contributed by atoms with Gasteiger partial charge in [0.15, 0.2) is 0 Å². The second-order valence-corrected chi connectivity index (χ2v) is 5.66. The number of anilines is 1. The number of amides is 1. The summed E-state index contributed by atoms with van der Waals surface area (Å²) in [6, 6.07) is 5.54. The van der Waals surface area contributed by atoms with Crippen molar-refractivity contribution in [2.75, 3.05) is 5.73 Å². The summed E-state index contributed by atoms with van der Waals surface area (Å²) in [6.45, 7) is 2.32. The molecule has 1 fully saturated rings. The van der Waals surface area contributed by atoms with Crippen molar-refractivity contribution in [3.05, 3.63) is 46.6 Å². The van der Waals surface area contributed by atoms with Gasteiger partial charge >= 0.3 is 0 Å². The monoisotopic (exact) mass is 305 g/mol. The summed E-state index contributed by atoms with van der Waals surface area (Å²) >= 11 is 5.87. The van der Waals surface area contributed by atoms with Crippen molar-refractivity contribution in [3.63, 3.8) is 0 Å². The predicted molar refractivity (Wildman–Crippen MR) is 80.0 cm³/mol. The molecule has 21 heavy (non-hydrogen) atoms. The summed E-state index contributed by atoms with van der Waals surface area (Å²) < 4.78 is 5.57. The first-order valence-corrected chi connectivity index (χ1v) is 7.19. The number of pyridine rings is 1. The lowest BCUT2D eigenvalue weighted by Crippen LogP contribution is -2.33. The van der Waals surface area contributed by atoms with E-state index in [0.717, 1.165) is 24.4 Å². The molecule has 2 heterocycles. The highest BCUT2D eigenvalue weighted by Gasteiger charge is 2.34. The first-order valence-electron chi connectivity index (χ1n) is 6.82. The summed E-state index contributed by atoms with van der Waals surface area (Å²) in [5.74, 6) is 1.47. The molecule has 0 bridgehead atoms. The lowest BCUT2D eigenvalue weighted by molar-refractivity contribution is 0.0718. The number of hydrogen-bond acceptors (Lipinski definition) is 4. The lowest BCUT2D eigenvalue weighted by Gasteiger charge is -2.22. The summed E-state index contributed by atoms with van der Waals surface area (Å²) in [4.78, 5) is 18.4. The molecule has 5 nitrogen and oxygen atoms in total. The minimum absolute atomic E-state index is 0.131. The van der Waals surface area contributed by atoms with Crippen LogP contribution >= 0.6 is 11.6 Å². The molecule has 0 spiro atoms. The van der Waals surface area contributed by atoms with Crippen LogP contribution in [0.3, 0.4) is 0 Å². The number of rotatable bonds is 4. The van der Waals surface area contributed by atoms with Crippen LogP contribution in [-0.2, 0) is 6.54 Å². The smallest absolute Gasteiger partial charge is 0.256 e. The van der Waals surface area contributed by atoms with Crippen molar-refractivity contribution in [2.45, 2.75) is 32.4 Å². The number of hydrogen-bond donors (Lipinski definition) is 1. The third-order valence-electron chi connectivity index (χ3n) is 3.50. The third-order valence-corrected chi connectivity index (χ3v) is 3.71. The van der Waals surface area contributed by atoms with Gasteiger partial charge in [-0.1, -0.05) is 11.6 Å². The van der Waals surface area contributed by atoms with Gasteiger partial charge in [0, 0.05) is 6.04 Å². The maximum atomic E-state index is 12.7. The van der Waals surface area contributed by atoms with Gasteiger partial charge in [0.25, 0.3) is 5.91 Å². The number of furan rings is 1. The van der Waals surface area contributed by atoms with Crippen LogP contribution in [0.2, 0.25) is 5.15 Å². The van der Waals surface area contributed by atoms with E-state index in [1.165, 1.54) is 12.3 Å². The van der Waals surface area contributed by atoms with Crippen LogP contribution in [0.4, 0.5) is 5.69 Å². The largest absolute Gasteiger partial charge is 0.464 e. The van der Waals surface area contributed by atoms with Crippen LogP contribution < -0.4 is 5.73 Å². The fraction of sp³-hybridized carbons (Fsp3) is 0.333. The standard InChI is InChI=1S/C15H16ClN3O2/c1-9-2-5-11(21-9)8-19(10-3-4-10)15(20)12-6-14(16)18-7-13(12)17/h2,5-7,10H,3-4,8,17H2,1H3. The normalized spacial score (nSPS) is 14.2. The number of carbonyl (C=O) groups is 1. The first kappa shape index (κ1) is 13.9. The minimum atomic E-state index is -0.131. The van der Waals surface area contributed by atoms with E-state index in [-0.39, 0.29) is 17.1 Å². The Labute approximate surface area is 127 Å². The summed E-state index contributed by atoms with van der Waals surface area (Å²) in [5, 5.41) is 0.261. The Balaban J connectivity index is 1.86. The molecule has 0 aliphatic heterocycles. The third kappa shape index (κ3) is 3.03. The fourth-order valence-electron chi connectivity index (χ4n) is 2.27. The molecule has 2 aromatic heterocycles. The van der Waals surface area contributed by atoms with E-state index < -0.39 is 0 Å². The van der Waals surface area contributed by atoms with Crippen LogP contribution in [-0.4, -0.2) is 21.8 Å². The quantitative estimate of drug-likeness (QED) is 0.881. The van der Waals surface area contributed by atoms with Gasteiger partial charge in [-0.3, -0.25) is 4.79 Å². The fourth-order valence-corrected chi connectivity index (χ4v) is 2.43. The Kier molecular flexibility index (Phi) is 3.59. The molecule has 0 atom stereocenters. The Morgan fingerprint density at radius 2 is 2.29 bits per heavy atom. The van der Waals surface area contributed by atoms with Gasteiger partial charge in [-0.2, -0.15) is 0 Å². The molecule has 0 saturated heterocycles. The minimum Gasteiger partial charge on any atom is -0.464 e. The van der Waals surface area contributed by atoms with Crippen molar-refractivity contribution >= 4 is 23.2 Å². The lowest BCUT2D eigenvalue weighted by atomic mass is 10.2. The van der Waals surface area contributed by atoms with E-state index in [4.69, 9.17) is 21.8 Å². The van der Waals surface area contributed by atoms with Gasteiger partial charge < -0.3 is 15.1 Å². The molecule has 2 N–H and O–H groups in total. The van der Waals surface area contributed by atoms with E-state index in [1.807, 2.05) is 19.1 Å². The maximum absolute atomic E-state index is 12.7. The average Bonchev–Trinajstić information content (AvgIpc) is 3.21. The molecule has 6 heteroatoms. The number of halogens is 1. The number of aromatic nitrogens is 1. The molecule has 0 unspecified atom stereocenters. The van der Waals surface area contributed by atoms with E-state index in [9.17, 15) is 4.79 Å². The van der Waals surface area contributed by atoms with Crippen LogP contribution in [0.25, 0.3) is 0 Å². The van der Waals surface area contributed by atoms with Gasteiger partial charge in [-0.15, -0.1) is 0 Å². The highest BCUT2D eigenvalue weighted by molar-refractivity contribution is 6.29. The van der Waals surface area contributed by atoms with Crippen molar-refractivity contribution in [2.24, 2.45) is 0 Å². The summed E-state index contributed by atoms with van der Waals surface area (Å²) in [6.07, 6.45) is 3.42. The van der Waals surface area contributed by atoms with Gasteiger partial charge in [-0.25, -0.2) is 4.98 Å². The predicted octanol–water partition coefficient (Wildman–Crippen LogP) is 3.02. The second kappa shape index (κ2) is 5.41. The topological polar surface area (TPSA) is 72.4 Å². The van der Waals surface area contributed by atoms with E-state index in [1.54, 1.807) is 4.90 Å². The average molecular weight is 306 g/mol. The number of aryl methyl sites for hydroxylation is 1. The van der Waals surface area contributed by atoms with Crippen molar-refractivity contribution < 1.29 is 9.21 Å². The molecule has 110 valence electrons. The van der Waals surface area contributed by atoms with Crippen LogP contribution in [0.5, 0.6) is 0 Å². The van der Waals surface area contributed by atoms with Gasteiger partial charge in [-0.05, 0) is 38.0 Å². The molecule has 1 saturated carbocycles. The van der Waals surface area contributed by atoms with Crippen LogP contribution in [0.1, 0.15) is 34.7 Å². The van der Waals surface area contributed by atoms with E-state index >= 15 is 0 Å². The number of nitrogens with two attached hydrogens (primary N) is 1. The van der Waals surface area contributed by atoms with E-state index in [0.29, 0.717) is 17.8 Å². The molecule has 1 amide bonds. The zero-order chi connectivity index (χ0) is 15.0. The van der Waals surface area contributed by atoms with Crippen molar-refractivity contribution in [3.8, 4) is 0 Å². The van der Waals surface area contributed by atoms with Gasteiger partial charge in [0.05, 0.1) is 24.0 Å². The zero-order valence-electron chi connectivity index (χ0n) is 11.7. The highest BCUT2D eigenvalue weighted by atomic mass is 35.5. The molecular weight excluding hydrogens is 290 g/mol. The van der Waals surface area contributed by atoms with Crippen LogP contribution in [0.15, 0.2) is 28.8 Å². The van der Waals surface area contributed by atoms with Crippen LogP contribution in [0, 0.1) is 6.92 Å². The zero-order valence-corrected chi connectivity index (χ0v) is 12.4. The molecule has 1 aliphatic rings. The number of carbonyl (C=O) groups excluding carboxylic acids is 1. The molecule has 2 aromatic rings. The molecule has 0 radical (unpaired) electrons. The second-order valence-electron chi connectivity index (χ2n) is 5.27. The van der Waals surface area contributed by atoms with Crippen molar-refractivity contribution in [1.82, 2.24) is 9.88 Å². The molecular formula is C15H16ClN3O2. The number of nitrogens with zero attached hydrogens (tertiary/aromatic N) is 2. The number of nitrogen functional groups attached to an aromatic ring is 1. The van der Waals surface area contributed by atoms with Gasteiger partial charge in [0.1, 0.15) is 16.7 Å². The Morgan fingerprint density at radius 1 is 1.52 bits per heavy atom. The first-order chi connectivity index (χ1) is 10.0. The Morgan fingerprint density at radius 3 is 2.90 bits per heavy atom. The maximum Gasteiger partial charge on any atom is 0.256 e. The molecule has 0 aromatic carbocycles. The molecule has 3 rings (SSSR count). The molecule has 1 aliphatic carbocycles. The summed E-state index contributed by atoms with van der Waals surface area (Å²) in [7, 11) is 0. The SMILES string of the molecule is Cc1ccc(CN(C(=O)c2cc(Cl)ncc2N)C2CC2)o1. The Hall–Kier alpha value is -2.01. The summed E-state index contributed by atoms with van der Waals surface area (Å²) in [5.41, 5.74) is 6.59. The van der Waals surface area contributed by atoms with E-state index in [2.05, 4.69) is 4.98 Å². The van der Waals surface area contributed by atoms with Crippen molar-refractivity contribution in [1.29, 1.82) is 0 Å². The van der Waals surface area contributed by atoms with Gasteiger partial charge in [0.2, 0.25) is 0 Å². The highest BCUT2D eigenvalue weighted by Crippen LogP contribution is 2.31.